The van der Waals surface area contributed by atoms with Crippen LogP contribution in [0.2, 0.25) is 0 Å². The molecule has 0 amide bonds. The summed E-state index contributed by atoms with van der Waals surface area (Å²) in [7, 11) is 2.94. The Morgan fingerprint density at radius 1 is 1.00 bits per heavy atom. The number of esters is 1. The second-order valence-corrected chi connectivity index (χ2v) is 4.52. The molecule has 0 N–H and O–H groups in total. The monoisotopic (exact) mass is 282 g/mol. The van der Waals surface area contributed by atoms with E-state index in [0.29, 0.717) is 28.4 Å². The number of carbonyl (C=O) groups is 1. The minimum absolute atomic E-state index is 0.412. The molecule has 1 aliphatic rings. The van der Waals surface area contributed by atoms with Crippen LogP contribution in [0.1, 0.15) is 11.1 Å². The maximum atomic E-state index is 12.1. The number of methoxy groups -OCH3 is 2. The largest absolute Gasteiger partial charge is 0.496 e. The lowest BCUT2D eigenvalue weighted by atomic mass is 10.0. The highest BCUT2D eigenvalue weighted by atomic mass is 16.5. The molecule has 2 aromatic rings. The van der Waals surface area contributed by atoms with Gasteiger partial charge >= 0.3 is 5.97 Å². The van der Waals surface area contributed by atoms with E-state index >= 15 is 0 Å². The molecule has 0 fully saturated rings. The summed E-state index contributed by atoms with van der Waals surface area (Å²) >= 11 is 0. The summed E-state index contributed by atoms with van der Waals surface area (Å²) in [5, 5.41) is 0. The Morgan fingerprint density at radius 3 is 2.52 bits per heavy atom. The first-order valence-corrected chi connectivity index (χ1v) is 6.49. The van der Waals surface area contributed by atoms with Crippen molar-refractivity contribution in [1.29, 1.82) is 0 Å². The van der Waals surface area contributed by atoms with Crippen LogP contribution in [-0.2, 0) is 9.53 Å². The summed E-state index contributed by atoms with van der Waals surface area (Å²) in [6, 6.07) is 12.9. The Balaban J connectivity index is 2.28. The average Bonchev–Trinajstić information content (AvgIpc) is 2.70. The van der Waals surface area contributed by atoms with Gasteiger partial charge in [0.15, 0.2) is 0 Å². The summed E-state index contributed by atoms with van der Waals surface area (Å²) < 4.78 is 16.2. The average molecular weight is 282 g/mol. The molecule has 0 aliphatic carbocycles. The van der Waals surface area contributed by atoms with E-state index in [1.807, 2.05) is 42.5 Å². The van der Waals surface area contributed by atoms with Crippen LogP contribution in [0, 0.1) is 0 Å². The van der Waals surface area contributed by atoms with Gasteiger partial charge in [-0.1, -0.05) is 24.3 Å². The second-order valence-electron chi connectivity index (χ2n) is 4.52. The van der Waals surface area contributed by atoms with E-state index in [2.05, 4.69) is 0 Å². The lowest BCUT2D eigenvalue weighted by Crippen LogP contribution is -2.03. The maximum Gasteiger partial charge on any atom is 0.338 e. The quantitative estimate of drug-likeness (QED) is 0.791. The fraction of sp³-hybridized carbons (Fsp3) is 0.118. The van der Waals surface area contributed by atoms with E-state index < -0.39 is 5.97 Å². The molecule has 0 spiro atoms. The minimum atomic E-state index is -0.412. The molecule has 0 saturated heterocycles. The Hall–Kier alpha value is -2.75. The van der Waals surface area contributed by atoms with E-state index in [1.54, 1.807) is 13.2 Å². The normalized spacial score (nSPS) is 12.2. The highest BCUT2D eigenvalue weighted by molar-refractivity contribution is 6.23. The van der Waals surface area contributed by atoms with Crippen LogP contribution in [0.5, 0.6) is 17.2 Å². The van der Waals surface area contributed by atoms with Crippen molar-refractivity contribution in [3.8, 4) is 17.2 Å². The van der Waals surface area contributed by atoms with Crippen LogP contribution < -0.4 is 9.47 Å². The van der Waals surface area contributed by atoms with Crippen molar-refractivity contribution in [3.63, 3.8) is 0 Å². The van der Waals surface area contributed by atoms with E-state index in [4.69, 9.17) is 14.2 Å². The van der Waals surface area contributed by atoms with E-state index in [0.717, 1.165) is 5.56 Å². The molecule has 1 heterocycles. The van der Waals surface area contributed by atoms with Crippen molar-refractivity contribution in [2.75, 3.05) is 14.2 Å². The van der Waals surface area contributed by atoms with Crippen molar-refractivity contribution < 1.29 is 19.0 Å². The van der Waals surface area contributed by atoms with Gasteiger partial charge in [0, 0.05) is 5.56 Å². The SMILES string of the molecule is COC(=O)C1=Cc2c(OC)cccc2Oc2ccccc21. The van der Waals surface area contributed by atoms with Crippen LogP contribution >= 0.6 is 0 Å². The molecule has 2 aromatic carbocycles. The first-order valence-electron chi connectivity index (χ1n) is 6.49. The number of carbonyl (C=O) groups excluding carboxylic acids is 1. The number of hydrogen-bond acceptors (Lipinski definition) is 4. The molecule has 21 heavy (non-hydrogen) atoms. The van der Waals surface area contributed by atoms with E-state index in [-0.39, 0.29) is 0 Å². The Bertz CT molecular complexity index is 731. The first-order chi connectivity index (χ1) is 10.2. The van der Waals surface area contributed by atoms with Crippen LogP contribution in [-0.4, -0.2) is 20.2 Å². The van der Waals surface area contributed by atoms with Crippen LogP contribution in [0.25, 0.3) is 11.6 Å². The molecule has 4 heteroatoms. The van der Waals surface area contributed by atoms with E-state index in [1.165, 1.54) is 7.11 Å². The third-order valence-electron chi connectivity index (χ3n) is 3.34. The van der Waals surface area contributed by atoms with Gasteiger partial charge in [-0.05, 0) is 24.3 Å². The topological polar surface area (TPSA) is 44.8 Å². The smallest absolute Gasteiger partial charge is 0.338 e. The summed E-state index contributed by atoms with van der Waals surface area (Å²) in [4.78, 5) is 12.1. The Labute approximate surface area is 122 Å². The summed E-state index contributed by atoms with van der Waals surface area (Å²) in [5.41, 5.74) is 1.86. The Kier molecular flexibility index (Phi) is 3.36. The number of hydrogen-bond donors (Lipinski definition) is 0. The van der Waals surface area contributed by atoms with Gasteiger partial charge in [-0.25, -0.2) is 4.79 Å². The second kappa shape index (κ2) is 5.32. The zero-order chi connectivity index (χ0) is 14.8. The van der Waals surface area contributed by atoms with Gasteiger partial charge in [-0.15, -0.1) is 0 Å². The minimum Gasteiger partial charge on any atom is -0.496 e. The predicted octanol–water partition coefficient (Wildman–Crippen LogP) is 3.51. The molecule has 0 unspecified atom stereocenters. The summed E-state index contributed by atoms with van der Waals surface area (Å²) in [6.07, 6.45) is 1.74. The van der Waals surface area contributed by atoms with Gasteiger partial charge < -0.3 is 14.2 Å². The Morgan fingerprint density at radius 2 is 1.76 bits per heavy atom. The standard InChI is InChI=1S/C17H14O4/c1-19-14-8-5-9-16-13(14)10-12(17(18)20-2)11-6-3-4-7-15(11)21-16/h3-10H,1-2H3. The van der Waals surface area contributed by atoms with Crippen LogP contribution in [0.4, 0.5) is 0 Å². The van der Waals surface area contributed by atoms with Crippen molar-refractivity contribution in [1.82, 2.24) is 0 Å². The van der Waals surface area contributed by atoms with Crippen molar-refractivity contribution in [2.45, 2.75) is 0 Å². The maximum absolute atomic E-state index is 12.1. The third-order valence-corrected chi connectivity index (χ3v) is 3.34. The van der Waals surface area contributed by atoms with Crippen LogP contribution in [0.3, 0.4) is 0 Å². The number of benzene rings is 2. The van der Waals surface area contributed by atoms with Gasteiger partial charge in [-0.2, -0.15) is 0 Å². The predicted molar refractivity (Wildman–Crippen MR) is 79.4 cm³/mol. The first kappa shape index (κ1) is 13.2. The highest BCUT2D eigenvalue weighted by Gasteiger charge is 2.23. The van der Waals surface area contributed by atoms with Crippen molar-refractivity contribution >= 4 is 17.6 Å². The number of para-hydroxylation sites is 1. The summed E-state index contributed by atoms with van der Waals surface area (Å²) in [5.74, 6) is 1.48. The van der Waals surface area contributed by atoms with Gasteiger partial charge in [0.25, 0.3) is 0 Å². The fourth-order valence-corrected chi connectivity index (χ4v) is 2.33. The molecule has 4 nitrogen and oxygen atoms in total. The third kappa shape index (κ3) is 2.25. The van der Waals surface area contributed by atoms with Gasteiger partial charge in [-0.3, -0.25) is 0 Å². The summed E-state index contributed by atoms with van der Waals surface area (Å²) in [6.45, 7) is 0. The van der Waals surface area contributed by atoms with Crippen molar-refractivity contribution in [2.24, 2.45) is 0 Å². The molecule has 3 rings (SSSR count). The highest BCUT2D eigenvalue weighted by Crippen LogP contribution is 2.41. The van der Waals surface area contributed by atoms with Crippen molar-refractivity contribution in [3.05, 3.63) is 53.6 Å². The van der Waals surface area contributed by atoms with Gasteiger partial charge in [0.1, 0.15) is 17.2 Å². The fourth-order valence-electron chi connectivity index (χ4n) is 2.33. The molecule has 0 radical (unpaired) electrons. The zero-order valence-corrected chi connectivity index (χ0v) is 11.8. The van der Waals surface area contributed by atoms with E-state index in [9.17, 15) is 4.79 Å². The molecule has 0 atom stereocenters. The van der Waals surface area contributed by atoms with Gasteiger partial charge in [0.2, 0.25) is 0 Å². The molecule has 0 bridgehead atoms. The molecule has 0 aromatic heterocycles. The molecule has 0 saturated carbocycles. The zero-order valence-electron chi connectivity index (χ0n) is 11.8. The molecular weight excluding hydrogens is 268 g/mol. The van der Waals surface area contributed by atoms with Crippen LogP contribution in [0.15, 0.2) is 42.5 Å². The molecule has 106 valence electrons. The number of rotatable bonds is 2. The lowest BCUT2D eigenvalue weighted by Gasteiger charge is -2.10. The number of fused-ring (bicyclic) bond motifs is 2. The lowest BCUT2D eigenvalue weighted by molar-refractivity contribution is -0.133. The van der Waals surface area contributed by atoms with Gasteiger partial charge in [0.05, 0.1) is 25.4 Å². The molecular formula is C17H14O4. The number of ether oxygens (including phenoxy) is 3. The molecule has 1 aliphatic heterocycles.